The Kier molecular flexibility index (Phi) is 8.36. The smallest absolute Gasteiger partial charge is 0.341 e. The van der Waals surface area contributed by atoms with Gasteiger partial charge in [0.05, 0.1) is 30.9 Å². The van der Waals surface area contributed by atoms with Gasteiger partial charge in [0.25, 0.3) is 0 Å². The number of hydrogen-bond donors (Lipinski definition) is 1. The maximum atomic E-state index is 11.6. The van der Waals surface area contributed by atoms with E-state index in [0.717, 1.165) is 10.7 Å². The van der Waals surface area contributed by atoms with Crippen LogP contribution in [0.1, 0.15) is 32.6 Å². The zero-order valence-electron chi connectivity index (χ0n) is 15.0. The van der Waals surface area contributed by atoms with Crippen LogP contribution in [0.25, 0.3) is 0 Å². The highest BCUT2D eigenvalue weighted by Crippen LogP contribution is 2.15. The number of thiazole rings is 1. The fourth-order valence-electron chi connectivity index (χ4n) is 2.29. The summed E-state index contributed by atoms with van der Waals surface area (Å²) in [5, 5.41) is 6.30. The molecule has 25 heavy (non-hydrogen) atoms. The highest BCUT2D eigenvalue weighted by Gasteiger charge is 2.16. The van der Waals surface area contributed by atoms with Crippen molar-refractivity contribution in [2.45, 2.75) is 26.9 Å². The summed E-state index contributed by atoms with van der Waals surface area (Å²) in [5.74, 6) is 1.50. The molecule has 2 rings (SSSR count). The Morgan fingerprint density at radius 3 is 2.76 bits per heavy atom. The van der Waals surface area contributed by atoms with Gasteiger partial charge in [0.1, 0.15) is 17.1 Å². The Morgan fingerprint density at radius 2 is 2.20 bits per heavy atom. The average Bonchev–Trinajstić information content (AvgIpc) is 3.12. The summed E-state index contributed by atoms with van der Waals surface area (Å²) in [5.41, 5.74) is 1.44. The normalized spacial score (nSPS) is 11.0. The van der Waals surface area contributed by atoms with E-state index in [-0.39, 0.29) is 24.0 Å². The Balaban J connectivity index is 0.00000312. The van der Waals surface area contributed by atoms with Crippen LogP contribution in [0.15, 0.2) is 20.9 Å². The number of furan rings is 1. The highest BCUT2D eigenvalue weighted by atomic mass is 127. The van der Waals surface area contributed by atoms with Gasteiger partial charge in [0.2, 0.25) is 0 Å². The van der Waals surface area contributed by atoms with Gasteiger partial charge in [-0.15, -0.1) is 35.3 Å². The molecule has 0 aliphatic carbocycles. The number of nitrogens with one attached hydrogen (secondary N) is 1. The molecule has 0 atom stereocenters. The van der Waals surface area contributed by atoms with E-state index in [1.807, 2.05) is 24.3 Å². The van der Waals surface area contributed by atoms with E-state index in [4.69, 9.17) is 9.15 Å². The summed E-state index contributed by atoms with van der Waals surface area (Å²) in [4.78, 5) is 22.3. The number of nitrogens with zero attached hydrogens (tertiary/aromatic N) is 3. The lowest BCUT2D eigenvalue weighted by Gasteiger charge is -2.20. The van der Waals surface area contributed by atoms with E-state index in [9.17, 15) is 4.79 Å². The number of carbonyl (C=O) groups is 1. The second-order valence-electron chi connectivity index (χ2n) is 5.29. The fraction of sp³-hybridized carbons (Fsp3) is 0.438. The maximum absolute atomic E-state index is 11.6. The van der Waals surface area contributed by atoms with Crippen LogP contribution in [0.3, 0.4) is 0 Å². The first-order chi connectivity index (χ1) is 11.4. The van der Waals surface area contributed by atoms with Crippen molar-refractivity contribution in [3.8, 4) is 0 Å². The molecule has 9 heteroatoms. The van der Waals surface area contributed by atoms with Crippen LogP contribution < -0.4 is 5.32 Å². The van der Waals surface area contributed by atoms with Gasteiger partial charge in [0, 0.05) is 19.5 Å². The van der Waals surface area contributed by atoms with E-state index in [1.54, 1.807) is 31.4 Å². The summed E-state index contributed by atoms with van der Waals surface area (Å²) >= 11 is 1.63. The predicted octanol–water partition coefficient (Wildman–Crippen LogP) is 2.96. The summed E-state index contributed by atoms with van der Waals surface area (Å²) in [6.07, 6.45) is 0. The summed E-state index contributed by atoms with van der Waals surface area (Å²) in [6.45, 7) is 4.81. The molecule has 2 aromatic heterocycles. The van der Waals surface area contributed by atoms with Crippen molar-refractivity contribution in [2.75, 3.05) is 21.2 Å². The summed E-state index contributed by atoms with van der Waals surface area (Å²) in [7, 11) is 5.01. The second-order valence-corrected chi connectivity index (χ2v) is 6.35. The number of carbonyl (C=O) groups excluding carboxylic acids is 1. The van der Waals surface area contributed by atoms with Crippen molar-refractivity contribution in [1.29, 1.82) is 0 Å². The highest BCUT2D eigenvalue weighted by molar-refractivity contribution is 14.0. The molecule has 0 saturated carbocycles. The molecule has 0 unspecified atom stereocenters. The van der Waals surface area contributed by atoms with Gasteiger partial charge in [-0.1, -0.05) is 0 Å². The van der Waals surface area contributed by atoms with Crippen molar-refractivity contribution in [3.05, 3.63) is 39.2 Å². The van der Waals surface area contributed by atoms with Gasteiger partial charge >= 0.3 is 5.97 Å². The molecular formula is C16H23IN4O3S. The minimum absolute atomic E-state index is 0. The van der Waals surface area contributed by atoms with Gasteiger partial charge in [-0.3, -0.25) is 4.99 Å². The number of aliphatic imine (C=N–C) groups is 1. The average molecular weight is 478 g/mol. The zero-order valence-corrected chi connectivity index (χ0v) is 18.1. The van der Waals surface area contributed by atoms with Crippen LogP contribution in [0, 0.1) is 13.8 Å². The Bertz CT molecular complexity index is 742. The van der Waals surface area contributed by atoms with Gasteiger partial charge in [-0.2, -0.15) is 0 Å². The molecule has 0 fully saturated rings. The van der Waals surface area contributed by atoms with Crippen LogP contribution in [0.4, 0.5) is 0 Å². The summed E-state index contributed by atoms with van der Waals surface area (Å²) in [6, 6.07) is 1.69. The van der Waals surface area contributed by atoms with Crippen molar-refractivity contribution < 1.29 is 13.9 Å². The molecule has 0 bridgehead atoms. The molecule has 0 radical (unpaired) electrons. The Hall–Kier alpha value is -1.62. The second kappa shape index (κ2) is 9.76. The number of hydrogen-bond acceptors (Lipinski definition) is 6. The monoisotopic (exact) mass is 478 g/mol. The van der Waals surface area contributed by atoms with Crippen molar-refractivity contribution in [2.24, 2.45) is 4.99 Å². The summed E-state index contributed by atoms with van der Waals surface area (Å²) < 4.78 is 10.3. The molecule has 0 saturated heterocycles. The third-order valence-corrected chi connectivity index (χ3v) is 4.26. The number of guanidine groups is 1. The van der Waals surface area contributed by atoms with Gasteiger partial charge in [-0.25, -0.2) is 9.78 Å². The Labute approximate surface area is 168 Å². The van der Waals surface area contributed by atoms with E-state index >= 15 is 0 Å². The molecule has 0 aromatic carbocycles. The topological polar surface area (TPSA) is 80.0 Å². The number of aryl methyl sites for hydroxylation is 2. The lowest BCUT2D eigenvalue weighted by molar-refractivity contribution is 0.0599. The standard InChI is InChI=1S/C16H22N4O3S.HI/c1-10-14(15(21)22-5)6-13(23-10)7-18-16(17-3)20(4)8-12-9-24-11(2)19-12;/h6,9H,7-8H2,1-5H3,(H,17,18);1H. The van der Waals surface area contributed by atoms with E-state index in [0.29, 0.717) is 36.1 Å². The minimum atomic E-state index is -0.400. The molecule has 7 nitrogen and oxygen atoms in total. The molecule has 0 aliphatic heterocycles. The number of methoxy groups -OCH3 is 1. The van der Waals surface area contributed by atoms with Crippen LogP contribution in [0.2, 0.25) is 0 Å². The molecule has 0 amide bonds. The quantitative estimate of drug-likeness (QED) is 0.308. The molecule has 0 aliphatic rings. The van der Waals surface area contributed by atoms with Gasteiger partial charge in [0.15, 0.2) is 5.96 Å². The first-order valence-corrected chi connectivity index (χ1v) is 8.33. The number of rotatable bonds is 5. The molecule has 2 aromatic rings. The molecule has 2 heterocycles. The number of aromatic nitrogens is 1. The lowest BCUT2D eigenvalue weighted by atomic mass is 10.2. The van der Waals surface area contributed by atoms with Crippen molar-refractivity contribution in [3.63, 3.8) is 0 Å². The number of ether oxygens (including phenoxy) is 1. The van der Waals surface area contributed by atoms with Crippen LogP contribution in [0.5, 0.6) is 0 Å². The predicted molar refractivity (Wildman–Crippen MR) is 109 cm³/mol. The zero-order chi connectivity index (χ0) is 17.7. The van der Waals surface area contributed by atoms with Crippen molar-refractivity contribution >= 4 is 47.2 Å². The van der Waals surface area contributed by atoms with Crippen molar-refractivity contribution in [1.82, 2.24) is 15.2 Å². The third-order valence-electron chi connectivity index (χ3n) is 3.43. The first-order valence-electron chi connectivity index (χ1n) is 7.45. The molecule has 138 valence electrons. The SMILES string of the molecule is CN=C(NCc1cc(C(=O)OC)c(C)o1)N(C)Cc1csc(C)n1.I. The molecular weight excluding hydrogens is 455 g/mol. The van der Waals surface area contributed by atoms with E-state index in [2.05, 4.69) is 15.3 Å². The van der Waals surface area contributed by atoms with Crippen LogP contribution in [-0.4, -0.2) is 43.0 Å². The fourth-order valence-corrected chi connectivity index (χ4v) is 2.90. The Morgan fingerprint density at radius 1 is 1.48 bits per heavy atom. The van der Waals surface area contributed by atoms with Crippen LogP contribution >= 0.6 is 35.3 Å². The van der Waals surface area contributed by atoms with E-state index < -0.39 is 5.97 Å². The van der Waals surface area contributed by atoms with Crippen LogP contribution in [-0.2, 0) is 17.8 Å². The first kappa shape index (κ1) is 21.4. The maximum Gasteiger partial charge on any atom is 0.341 e. The number of halogens is 1. The third kappa shape index (κ3) is 5.70. The number of esters is 1. The molecule has 1 N–H and O–H groups in total. The molecule has 0 spiro atoms. The minimum Gasteiger partial charge on any atom is -0.465 e. The van der Waals surface area contributed by atoms with Gasteiger partial charge in [-0.05, 0) is 19.9 Å². The van der Waals surface area contributed by atoms with Gasteiger partial charge < -0.3 is 19.4 Å². The lowest BCUT2D eigenvalue weighted by Crippen LogP contribution is -2.38. The van der Waals surface area contributed by atoms with E-state index in [1.165, 1.54) is 7.11 Å². The largest absolute Gasteiger partial charge is 0.465 e.